The number of furan rings is 1. The van der Waals surface area contributed by atoms with Crippen LogP contribution >= 0.6 is 0 Å². The molecule has 3 N–H and O–H groups in total. The first-order valence-corrected chi connectivity index (χ1v) is 7.41. The first-order valence-electron chi connectivity index (χ1n) is 7.41. The highest BCUT2D eigenvalue weighted by atomic mass is 16.4. The largest absolute Gasteiger partial charge is 0.480 e. The first-order chi connectivity index (χ1) is 10.5. The van der Waals surface area contributed by atoms with Crippen LogP contribution in [0.25, 0.3) is 11.3 Å². The lowest BCUT2D eigenvalue weighted by Crippen LogP contribution is -2.35. The zero-order chi connectivity index (χ0) is 15.7. The minimum absolute atomic E-state index is 0.0722. The lowest BCUT2D eigenvalue weighted by atomic mass is 10.1. The molecule has 0 aliphatic carbocycles. The van der Waals surface area contributed by atoms with Gasteiger partial charge in [-0.15, -0.1) is 0 Å². The van der Waals surface area contributed by atoms with Crippen molar-refractivity contribution in [3.8, 4) is 11.3 Å². The zero-order valence-corrected chi connectivity index (χ0v) is 12.5. The molecule has 0 unspecified atom stereocenters. The van der Waals surface area contributed by atoms with E-state index < -0.39 is 12.0 Å². The lowest BCUT2D eigenvalue weighted by Gasteiger charge is -2.21. The number of likely N-dealkylation sites (tertiary alicyclic amines) is 1. The number of hydrogen-bond acceptors (Lipinski definition) is 4. The van der Waals surface area contributed by atoms with Crippen LogP contribution in [-0.4, -0.2) is 34.6 Å². The van der Waals surface area contributed by atoms with Crippen molar-refractivity contribution in [1.82, 2.24) is 4.90 Å². The minimum atomic E-state index is -0.800. The zero-order valence-electron chi connectivity index (χ0n) is 12.5. The number of aryl methyl sites for hydroxylation is 1. The van der Waals surface area contributed by atoms with Crippen molar-refractivity contribution in [3.05, 3.63) is 47.7 Å². The molecule has 1 saturated heterocycles. The Morgan fingerprint density at radius 1 is 1.41 bits per heavy atom. The summed E-state index contributed by atoms with van der Waals surface area (Å²) in [5.74, 6) is 0.898. The molecule has 2 aromatic rings. The third kappa shape index (κ3) is 3.05. The van der Waals surface area contributed by atoms with Gasteiger partial charge in [0, 0.05) is 24.7 Å². The predicted molar refractivity (Wildman–Crippen MR) is 83.3 cm³/mol. The number of hydrogen-bond donors (Lipinski definition) is 2. The lowest BCUT2D eigenvalue weighted by molar-refractivity contribution is -0.142. The highest BCUT2D eigenvalue weighted by molar-refractivity contribution is 5.74. The van der Waals surface area contributed by atoms with Crippen molar-refractivity contribution < 1.29 is 14.3 Å². The van der Waals surface area contributed by atoms with Crippen LogP contribution in [0.1, 0.15) is 17.7 Å². The second-order valence-electron chi connectivity index (χ2n) is 5.89. The molecule has 5 nitrogen and oxygen atoms in total. The third-order valence-corrected chi connectivity index (χ3v) is 4.06. The van der Waals surface area contributed by atoms with E-state index in [1.807, 2.05) is 48.2 Å². The van der Waals surface area contributed by atoms with Crippen molar-refractivity contribution in [1.29, 1.82) is 0 Å². The maximum atomic E-state index is 11.3. The van der Waals surface area contributed by atoms with Crippen LogP contribution in [0.3, 0.4) is 0 Å². The van der Waals surface area contributed by atoms with Crippen LogP contribution in [-0.2, 0) is 11.3 Å². The Morgan fingerprint density at radius 3 is 2.91 bits per heavy atom. The fourth-order valence-electron chi connectivity index (χ4n) is 3.02. The molecule has 1 aliphatic rings. The summed E-state index contributed by atoms with van der Waals surface area (Å²) in [6, 6.07) is 11.3. The van der Waals surface area contributed by atoms with Crippen LogP contribution < -0.4 is 5.73 Å². The van der Waals surface area contributed by atoms with Crippen LogP contribution in [0.15, 0.2) is 40.8 Å². The number of rotatable bonds is 4. The van der Waals surface area contributed by atoms with Gasteiger partial charge in [-0.3, -0.25) is 9.69 Å². The first kappa shape index (κ1) is 14.8. The molecule has 1 fully saturated rings. The van der Waals surface area contributed by atoms with Crippen molar-refractivity contribution in [2.24, 2.45) is 5.73 Å². The Hall–Kier alpha value is -2.11. The number of aliphatic carboxylic acids is 1. The van der Waals surface area contributed by atoms with Crippen molar-refractivity contribution in [2.75, 3.05) is 6.54 Å². The molecule has 1 aromatic heterocycles. The molecule has 0 spiro atoms. The topological polar surface area (TPSA) is 79.7 Å². The molecule has 0 radical (unpaired) electrons. The quantitative estimate of drug-likeness (QED) is 0.905. The van der Waals surface area contributed by atoms with Gasteiger partial charge in [0.2, 0.25) is 0 Å². The summed E-state index contributed by atoms with van der Waals surface area (Å²) in [7, 11) is 0. The Morgan fingerprint density at radius 2 is 2.23 bits per heavy atom. The highest BCUT2D eigenvalue weighted by Crippen LogP contribution is 2.25. The maximum Gasteiger partial charge on any atom is 0.320 e. The van der Waals surface area contributed by atoms with Crippen LogP contribution in [0.2, 0.25) is 0 Å². The standard InChI is InChI=1S/C17H20N2O3/c1-11-5-6-16(22-11)13-4-2-3-12(7-13)9-19-10-14(18)8-15(19)17(20)21/h2-7,14-15H,8-10,18H2,1H3,(H,20,21)/t14-,15-/m0/s1. The van der Waals surface area contributed by atoms with E-state index in [1.165, 1.54) is 0 Å². The fraction of sp³-hybridized carbons (Fsp3) is 0.353. The molecular weight excluding hydrogens is 280 g/mol. The summed E-state index contributed by atoms with van der Waals surface area (Å²) in [4.78, 5) is 13.3. The Balaban J connectivity index is 1.79. The average Bonchev–Trinajstić information content (AvgIpc) is 3.05. The van der Waals surface area contributed by atoms with Gasteiger partial charge in [-0.25, -0.2) is 0 Å². The minimum Gasteiger partial charge on any atom is -0.480 e. The van der Waals surface area contributed by atoms with Gasteiger partial charge in [0.25, 0.3) is 0 Å². The number of carboxylic acids is 1. The SMILES string of the molecule is Cc1ccc(-c2cccc(CN3C[C@@H](N)C[C@H]3C(=O)O)c2)o1. The molecule has 0 amide bonds. The van der Waals surface area contributed by atoms with Gasteiger partial charge in [0.15, 0.2) is 0 Å². The molecule has 1 aliphatic heterocycles. The van der Waals surface area contributed by atoms with Gasteiger partial charge in [-0.2, -0.15) is 0 Å². The molecule has 22 heavy (non-hydrogen) atoms. The van der Waals surface area contributed by atoms with Crippen LogP contribution in [0, 0.1) is 6.92 Å². The van der Waals surface area contributed by atoms with E-state index in [9.17, 15) is 9.90 Å². The molecule has 2 heterocycles. The molecule has 116 valence electrons. The molecular formula is C17H20N2O3. The van der Waals surface area contributed by atoms with Gasteiger partial charge in [0.05, 0.1) is 0 Å². The summed E-state index contributed by atoms with van der Waals surface area (Å²) >= 11 is 0. The van der Waals surface area contributed by atoms with E-state index in [0.29, 0.717) is 19.5 Å². The molecule has 3 rings (SSSR count). The number of carboxylic acid groups (broad SMARTS) is 1. The number of nitrogens with two attached hydrogens (primary N) is 1. The predicted octanol–water partition coefficient (Wildman–Crippen LogP) is 2.24. The Bertz CT molecular complexity index is 680. The van der Waals surface area contributed by atoms with Crippen molar-refractivity contribution in [3.63, 3.8) is 0 Å². The Labute approximate surface area is 129 Å². The maximum absolute atomic E-state index is 11.3. The van der Waals surface area contributed by atoms with Gasteiger partial charge >= 0.3 is 5.97 Å². The average molecular weight is 300 g/mol. The van der Waals surface area contributed by atoms with E-state index >= 15 is 0 Å². The summed E-state index contributed by atoms with van der Waals surface area (Å²) < 4.78 is 5.64. The fourth-order valence-corrected chi connectivity index (χ4v) is 3.02. The van der Waals surface area contributed by atoms with Crippen LogP contribution in [0.4, 0.5) is 0 Å². The van der Waals surface area contributed by atoms with Crippen molar-refractivity contribution in [2.45, 2.75) is 32.0 Å². The molecule has 1 aromatic carbocycles. The summed E-state index contributed by atoms with van der Waals surface area (Å²) in [6.45, 7) is 3.11. The van der Waals surface area contributed by atoms with Gasteiger partial charge in [0.1, 0.15) is 17.6 Å². The van der Waals surface area contributed by atoms with Crippen molar-refractivity contribution >= 4 is 5.97 Å². The summed E-state index contributed by atoms with van der Waals surface area (Å²) in [5, 5.41) is 9.30. The van der Waals surface area contributed by atoms with Gasteiger partial charge in [-0.05, 0) is 37.1 Å². The van der Waals surface area contributed by atoms with E-state index in [2.05, 4.69) is 0 Å². The molecule has 5 heteroatoms. The van der Waals surface area contributed by atoms with Gasteiger partial charge < -0.3 is 15.3 Å². The highest BCUT2D eigenvalue weighted by Gasteiger charge is 2.34. The van der Waals surface area contributed by atoms with Gasteiger partial charge in [-0.1, -0.05) is 18.2 Å². The van der Waals surface area contributed by atoms with Crippen LogP contribution in [0.5, 0.6) is 0 Å². The molecule has 0 saturated carbocycles. The monoisotopic (exact) mass is 300 g/mol. The number of benzene rings is 1. The van der Waals surface area contributed by atoms with E-state index in [-0.39, 0.29) is 6.04 Å². The smallest absolute Gasteiger partial charge is 0.320 e. The normalized spacial score (nSPS) is 22.1. The molecule has 0 bridgehead atoms. The second kappa shape index (κ2) is 5.94. The second-order valence-corrected chi connectivity index (χ2v) is 5.89. The summed E-state index contributed by atoms with van der Waals surface area (Å²) in [6.07, 6.45) is 0.506. The summed E-state index contributed by atoms with van der Waals surface area (Å²) in [5.41, 5.74) is 7.97. The third-order valence-electron chi connectivity index (χ3n) is 4.06. The number of carbonyl (C=O) groups is 1. The van der Waals surface area contributed by atoms with E-state index in [0.717, 1.165) is 22.6 Å². The Kier molecular flexibility index (Phi) is 4.00. The molecule has 2 atom stereocenters. The van der Waals surface area contributed by atoms with E-state index in [1.54, 1.807) is 0 Å². The van der Waals surface area contributed by atoms with E-state index in [4.69, 9.17) is 10.2 Å². The number of nitrogens with zero attached hydrogens (tertiary/aromatic N) is 1.